The molecule has 4 nitrogen and oxygen atoms in total. The summed E-state index contributed by atoms with van der Waals surface area (Å²) in [4.78, 5) is 14.7. The van der Waals surface area contributed by atoms with Crippen molar-refractivity contribution in [3.8, 4) is 5.75 Å². The second kappa shape index (κ2) is 10.7. The number of aliphatic hydroxyl groups is 1. The number of para-hydroxylation sites is 1. The van der Waals surface area contributed by atoms with Crippen LogP contribution >= 0.6 is 0 Å². The summed E-state index contributed by atoms with van der Waals surface area (Å²) in [5.74, 6) is 0.602. The highest BCUT2D eigenvalue weighted by Gasteiger charge is 2.14. The molecule has 140 valence electrons. The lowest BCUT2D eigenvalue weighted by atomic mass is 10.0. The molecule has 0 saturated heterocycles. The smallest absolute Gasteiger partial charge is 0.166 e. The Kier molecular flexibility index (Phi) is 8.32. The number of rotatable bonds is 11. The van der Waals surface area contributed by atoms with Gasteiger partial charge in [-0.3, -0.25) is 4.79 Å². The van der Waals surface area contributed by atoms with Crippen molar-refractivity contribution in [2.45, 2.75) is 32.3 Å². The van der Waals surface area contributed by atoms with E-state index < -0.39 is 6.10 Å². The predicted octanol–water partition coefficient (Wildman–Crippen LogP) is 3.58. The summed E-state index contributed by atoms with van der Waals surface area (Å²) in [5, 5.41) is 10.1. The standard InChI is InChI=1S/C22H29NO3/c1-3-15-23(2)16-19(24)17-26-22-12-8-7-11-20(22)21(25)14-13-18-9-5-4-6-10-18/h4-12,19,24H,3,13-17H2,1-2H3/t19-/m1/s1. The van der Waals surface area contributed by atoms with Crippen LogP contribution < -0.4 is 4.74 Å². The van der Waals surface area contributed by atoms with Gasteiger partial charge in [-0.25, -0.2) is 0 Å². The molecule has 2 rings (SSSR count). The minimum Gasteiger partial charge on any atom is -0.490 e. The zero-order valence-electron chi connectivity index (χ0n) is 15.7. The number of likely N-dealkylation sites (N-methyl/N-ethyl adjacent to an activating group) is 1. The van der Waals surface area contributed by atoms with Crippen molar-refractivity contribution in [2.24, 2.45) is 0 Å². The van der Waals surface area contributed by atoms with E-state index in [1.807, 2.05) is 49.5 Å². The first-order valence-corrected chi connectivity index (χ1v) is 9.25. The van der Waals surface area contributed by atoms with Gasteiger partial charge >= 0.3 is 0 Å². The average molecular weight is 355 g/mol. The highest BCUT2D eigenvalue weighted by atomic mass is 16.5. The Morgan fingerprint density at radius 1 is 1.12 bits per heavy atom. The van der Waals surface area contributed by atoms with E-state index in [1.165, 1.54) is 0 Å². The van der Waals surface area contributed by atoms with E-state index >= 15 is 0 Å². The van der Waals surface area contributed by atoms with Crippen LogP contribution in [-0.4, -0.2) is 48.6 Å². The van der Waals surface area contributed by atoms with Gasteiger partial charge in [0, 0.05) is 13.0 Å². The number of ether oxygens (including phenoxy) is 1. The third kappa shape index (κ3) is 6.62. The lowest BCUT2D eigenvalue weighted by Crippen LogP contribution is -2.33. The lowest BCUT2D eigenvalue weighted by Gasteiger charge is -2.20. The van der Waals surface area contributed by atoms with Crippen molar-refractivity contribution in [3.05, 3.63) is 65.7 Å². The van der Waals surface area contributed by atoms with Crippen molar-refractivity contribution in [1.82, 2.24) is 4.90 Å². The number of hydrogen-bond donors (Lipinski definition) is 1. The Morgan fingerprint density at radius 3 is 2.54 bits per heavy atom. The average Bonchev–Trinajstić information content (AvgIpc) is 2.65. The molecule has 0 amide bonds. The minimum absolute atomic E-state index is 0.0574. The normalized spacial score (nSPS) is 12.2. The quantitative estimate of drug-likeness (QED) is 0.626. The highest BCUT2D eigenvalue weighted by Crippen LogP contribution is 2.21. The maximum Gasteiger partial charge on any atom is 0.166 e. The molecule has 0 aliphatic rings. The number of carbonyl (C=O) groups is 1. The fraction of sp³-hybridized carbons (Fsp3) is 0.409. The number of hydrogen-bond acceptors (Lipinski definition) is 4. The molecule has 2 aromatic rings. The summed E-state index contributed by atoms with van der Waals surface area (Å²) in [7, 11) is 1.98. The number of Topliss-reactive ketones (excluding diaryl/α,β-unsaturated/α-hetero) is 1. The van der Waals surface area contributed by atoms with E-state index in [9.17, 15) is 9.90 Å². The largest absolute Gasteiger partial charge is 0.490 e. The van der Waals surface area contributed by atoms with Gasteiger partial charge in [0.15, 0.2) is 5.78 Å². The van der Waals surface area contributed by atoms with Gasteiger partial charge in [0.05, 0.1) is 5.56 Å². The number of nitrogens with zero attached hydrogens (tertiary/aromatic N) is 1. The van der Waals surface area contributed by atoms with E-state index in [2.05, 4.69) is 11.8 Å². The van der Waals surface area contributed by atoms with Crippen LogP contribution in [0.2, 0.25) is 0 Å². The van der Waals surface area contributed by atoms with Crippen LogP contribution in [0.4, 0.5) is 0 Å². The fourth-order valence-electron chi connectivity index (χ4n) is 2.93. The van der Waals surface area contributed by atoms with E-state index in [1.54, 1.807) is 12.1 Å². The van der Waals surface area contributed by atoms with Crippen molar-refractivity contribution >= 4 is 5.78 Å². The first-order valence-electron chi connectivity index (χ1n) is 9.25. The van der Waals surface area contributed by atoms with Crippen LogP contribution in [0, 0.1) is 0 Å². The molecule has 0 bridgehead atoms. The number of aryl methyl sites for hydroxylation is 1. The third-order valence-corrected chi connectivity index (χ3v) is 4.23. The van der Waals surface area contributed by atoms with E-state index in [4.69, 9.17) is 4.74 Å². The van der Waals surface area contributed by atoms with Gasteiger partial charge in [-0.1, -0.05) is 49.4 Å². The van der Waals surface area contributed by atoms with Gasteiger partial charge < -0.3 is 14.7 Å². The molecule has 0 heterocycles. The molecule has 2 aromatic carbocycles. The van der Waals surface area contributed by atoms with Crippen LogP contribution in [-0.2, 0) is 6.42 Å². The molecular weight excluding hydrogens is 326 g/mol. The van der Waals surface area contributed by atoms with Crippen LogP contribution in [0.5, 0.6) is 5.75 Å². The molecule has 1 N–H and O–H groups in total. The molecule has 1 atom stereocenters. The summed E-state index contributed by atoms with van der Waals surface area (Å²) in [6.07, 6.45) is 1.60. The Morgan fingerprint density at radius 2 is 1.81 bits per heavy atom. The molecule has 0 aliphatic carbocycles. The SMILES string of the molecule is CCCN(C)C[C@@H](O)COc1ccccc1C(=O)CCc1ccccc1. The maximum absolute atomic E-state index is 12.6. The van der Waals surface area contributed by atoms with E-state index in [0.29, 0.717) is 30.7 Å². The summed E-state index contributed by atoms with van der Waals surface area (Å²) in [6, 6.07) is 17.3. The number of benzene rings is 2. The molecule has 0 aromatic heterocycles. The topological polar surface area (TPSA) is 49.8 Å². The van der Waals surface area contributed by atoms with Crippen molar-refractivity contribution in [2.75, 3.05) is 26.7 Å². The number of ketones is 1. The van der Waals surface area contributed by atoms with Crippen LogP contribution in [0.1, 0.15) is 35.7 Å². The molecule has 0 fully saturated rings. The van der Waals surface area contributed by atoms with Crippen LogP contribution in [0.15, 0.2) is 54.6 Å². The molecule has 26 heavy (non-hydrogen) atoms. The van der Waals surface area contributed by atoms with Gasteiger partial charge in [0.2, 0.25) is 0 Å². The number of aliphatic hydroxyl groups excluding tert-OH is 1. The van der Waals surface area contributed by atoms with Crippen LogP contribution in [0.3, 0.4) is 0 Å². The Labute approximate surface area is 156 Å². The molecular formula is C22H29NO3. The minimum atomic E-state index is -0.584. The molecule has 0 aliphatic heterocycles. The van der Waals surface area contributed by atoms with Gasteiger partial charge in [-0.05, 0) is 44.1 Å². The molecule has 0 radical (unpaired) electrons. The Hall–Kier alpha value is -2.17. The second-order valence-corrected chi connectivity index (χ2v) is 6.63. The zero-order valence-corrected chi connectivity index (χ0v) is 15.7. The maximum atomic E-state index is 12.6. The van der Waals surface area contributed by atoms with E-state index in [-0.39, 0.29) is 12.4 Å². The summed E-state index contributed by atoms with van der Waals surface area (Å²) in [6.45, 7) is 3.78. The molecule has 0 saturated carbocycles. The van der Waals surface area contributed by atoms with Gasteiger partial charge in [0.25, 0.3) is 0 Å². The first-order chi connectivity index (χ1) is 12.6. The van der Waals surface area contributed by atoms with Gasteiger partial charge in [-0.15, -0.1) is 0 Å². The van der Waals surface area contributed by atoms with Gasteiger partial charge in [-0.2, -0.15) is 0 Å². The summed E-state index contributed by atoms with van der Waals surface area (Å²) >= 11 is 0. The molecule has 0 spiro atoms. The number of carbonyl (C=O) groups excluding carboxylic acids is 1. The van der Waals surface area contributed by atoms with Crippen molar-refractivity contribution in [3.63, 3.8) is 0 Å². The Balaban J connectivity index is 1.91. The zero-order chi connectivity index (χ0) is 18.8. The monoisotopic (exact) mass is 355 g/mol. The molecule has 0 unspecified atom stereocenters. The summed E-state index contributed by atoms with van der Waals surface area (Å²) in [5.41, 5.74) is 1.73. The first kappa shape index (κ1) is 20.1. The van der Waals surface area contributed by atoms with Crippen LogP contribution in [0.25, 0.3) is 0 Å². The van der Waals surface area contributed by atoms with Crippen molar-refractivity contribution in [1.29, 1.82) is 0 Å². The second-order valence-electron chi connectivity index (χ2n) is 6.63. The lowest BCUT2D eigenvalue weighted by molar-refractivity contribution is 0.0752. The Bertz CT molecular complexity index is 672. The highest BCUT2D eigenvalue weighted by molar-refractivity contribution is 5.98. The summed E-state index contributed by atoms with van der Waals surface area (Å²) < 4.78 is 5.75. The van der Waals surface area contributed by atoms with Crippen molar-refractivity contribution < 1.29 is 14.6 Å². The van der Waals surface area contributed by atoms with E-state index in [0.717, 1.165) is 18.5 Å². The van der Waals surface area contributed by atoms with Gasteiger partial charge in [0.1, 0.15) is 18.5 Å². The third-order valence-electron chi connectivity index (χ3n) is 4.23. The predicted molar refractivity (Wildman–Crippen MR) is 105 cm³/mol. The fourth-order valence-corrected chi connectivity index (χ4v) is 2.93. The molecule has 4 heteroatoms.